The highest BCUT2D eigenvalue weighted by atomic mass is 16.1. The number of allylic oxidation sites excluding steroid dienone is 4. The predicted molar refractivity (Wildman–Crippen MR) is 375 cm³/mol. The summed E-state index contributed by atoms with van der Waals surface area (Å²) in [6.07, 6.45) is 4.86. The van der Waals surface area contributed by atoms with Crippen molar-refractivity contribution in [1.29, 1.82) is 0 Å². The molecule has 0 unspecified atom stereocenters. The molecular weight excluding hydrogens is 1080 g/mol. The SMILES string of the molecule is C=CC1=C(C=C)C(C)(C)c2cc(N(c3ccc(-c4ccccc4)cc3)c3ccc(-c4ccc5c(c4)c4cc(-c6ccc(N(c7ccc(-c8ccccc8)cc7)c7ccc8c(c7)C(C)(C)c7ccccc7-8)cc6)ccc4n5-c4ccc(C=O)cc4)cc3)ccc21. The van der Waals surface area contributed by atoms with Crippen LogP contribution in [0.5, 0.6) is 0 Å². The normalized spacial score (nSPS) is 13.4. The van der Waals surface area contributed by atoms with Gasteiger partial charge >= 0.3 is 0 Å². The van der Waals surface area contributed by atoms with Crippen molar-refractivity contribution < 1.29 is 4.79 Å². The Balaban J connectivity index is 0.808. The molecule has 1 heterocycles. The largest absolute Gasteiger partial charge is 0.310 e. The van der Waals surface area contributed by atoms with Gasteiger partial charge in [0.25, 0.3) is 0 Å². The van der Waals surface area contributed by atoms with Gasteiger partial charge in [0.1, 0.15) is 6.29 Å². The summed E-state index contributed by atoms with van der Waals surface area (Å²) in [7, 11) is 0. The molecule has 2 aliphatic carbocycles. The molecule has 0 amide bonds. The number of aldehydes is 1. The molecule has 1 aromatic heterocycles. The predicted octanol–water partition coefficient (Wildman–Crippen LogP) is 22.9. The Kier molecular flexibility index (Phi) is 13.3. The highest BCUT2D eigenvalue weighted by Gasteiger charge is 2.37. The van der Waals surface area contributed by atoms with Crippen LogP contribution in [0.4, 0.5) is 34.1 Å². The lowest BCUT2D eigenvalue weighted by Gasteiger charge is -2.29. The van der Waals surface area contributed by atoms with Gasteiger partial charge < -0.3 is 14.4 Å². The van der Waals surface area contributed by atoms with Crippen molar-refractivity contribution >= 4 is 67.8 Å². The van der Waals surface area contributed by atoms with Crippen LogP contribution in [-0.4, -0.2) is 10.9 Å². The molecule has 0 aliphatic heterocycles. The first-order chi connectivity index (χ1) is 43.5. The molecule has 15 rings (SSSR count). The number of anilines is 6. The van der Waals surface area contributed by atoms with Gasteiger partial charge in [0.05, 0.1) is 11.0 Å². The van der Waals surface area contributed by atoms with Crippen LogP contribution in [0.15, 0.2) is 310 Å². The molecular formula is C85H65N3O. The number of nitrogens with zero attached hydrogens (tertiary/aromatic N) is 3. The van der Waals surface area contributed by atoms with Gasteiger partial charge in [-0.05, 0) is 210 Å². The van der Waals surface area contributed by atoms with Gasteiger partial charge in [-0.1, -0.05) is 211 Å². The number of hydrogen-bond acceptors (Lipinski definition) is 3. The Morgan fingerprint density at radius 1 is 0.337 bits per heavy atom. The maximum absolute atomic E-state index is 11.9. The number of aromatic nitrogens is 1. The van der Waals surface area contributed by atoms with E-state index in [1.54, 1.807) is 0 Å². The summed E-state index contributed by atoms with van der Waals surface area (Å²) in [4.78, 5) is 16.6. The van der Waals surface area contributed by atoms with Crippen LogP contribution in [0.25, 0.3) is 88.7 Å². The van der Waals surface area contributed by atoms with Gasteiger partial charge in [-0.15, -0.1) is 0 Å². The van der Waals surface area contributed by atoms with Gasteiger partial charge in [-0.25, -0.2) is 0 Å². The van der Waals surface area contributed by atoms with Gasteiger partial charge in [-0.3, -0.25) is 4.79 Å². The zero-order valence-corrected chi connectivity index (χ0v) is 50.5. The minimum absolute atomic E-state index is 0.146. The maximum atomic E-state index is 11.9. The summed E-state index contributed by atoms with van der Waals surface area (Å²) in [5, 5.41) is 2.28. The second-order valence-corrected chi connectivity index (χ2v) is 24.6. The molecule has 4 heteroatoms. The van der Waals surface area contributed by atoms with Crippen LogP contribution in [-0.2, 0) is 10.8 Å². The number of rotatable bonds is 14. The first-order valence-electron chi connectivity index (χ1n) is 30.6. The smallest absolute Gasteiger partial charge is 0.150 e. The molecule has 89 heavy (non-hydrogen) atoms. The second kappa shape index (κ2) is 21.7. The fourth-order valence-electron chi connectivity index (χ4n) is 14.2. The molecule has 0 fully saturated rings. The third-order valence-corrected chi connectivity index (χ3v) is 18.9. The lowest BCUT2D eigenvalue weighted by Crippen LogP contribution is -2.17. The molecule has 426 valence electrons. The van der Waals surface area contributed by atoms with Crippen molar-refractivity contribution in [3.8, 4) is 61.3 Å². The number of carbonyl (C=O) groups is 1. The average Bonchev–Trinajstić information content (AvgIpc) is 1.71. The molecule has 0 atom stereocenters. The van der Waals surface area contributed by atoms with Crippen molar-refractivity contribution in [2.45, 2.75) is 38.5 Å². The van der Waals surface area contributed by atoms with Crippen LogP contribution in [0.3, 0.4) is 0 Å². The van der Waals surface area contributed by atoms with E-state index in [0.29, 0.717) is 5.56 Å². The van der Waals surface area contributed by atoms with Crippen molar-refractivity contribution in [2.75, 3.05) is 9.80 Å². The summed E-state index contributed by atoms with van der Waals surface area (Å²) in [6, 6.07) is 101. The van der Waals surface area contributed by atoms with Crippen molar-refractivity contribution in [3.63, 3.8) is 0 Å². The van der Waals surface area contributed by atoms with E-state index in [2.05, 4.69) is 310 Å². The number of carbonyl (C=O) groups excluding carboxylic acids is 1. The third kappa shape index (κ3) is 9.26. The van der Waals surface area contributed by atoms with Crippen molar-refractivity contribution in [2.24, 2.45) is 0 Å². The third-order valence-electron chi connectivity index (χ3n) is 18.9. The molecule has 12 aromatic carbocycles. The molecule has 0 radical (unpaired) electrons. The van der Waals surface area contributed by atoms with E-state index in [-0.39, 0.29) is 10.8 Å². The summed E-state index contributed by atoms with van der Waals surface area (Å²) >= 11 is 0. The Bertz CT molecular complexity index is 4950. The van der Waals surface area contributed by atoms with Crippen molar-refractivity contribution in [3.05, 3.63) is 338 Å². The molecule has 2 aliphatic rings. The van der Waals surface area contributed by atoms with Crippen LogP contribution < -0.4 is 9.80 Å². The van der Waals surface area contributed by atoms with E-state index < -0.39 is 0 Å². The van der Waals surface area contributed by atoms with E-state index in [1.165, 1.54) is 61.2 Å². The summed E-state index contributed by atoms with van der Waals surface area (Å²) in [5.41, 5.74) is 29.1. The van der Waals surface area contributed by atoms with Crippen LogP contribution in [0, 0.1) is 0 Å². The van der Waals surface area contributed by atoms with E-state index in [0.717, 1.165) is 95.7 Å². The first-order valence-corrected chi connectivity index (χ1v) is 30.6. The lowest BCUT2D eigenvalue weighted by atomic mass is 9.81. The van der Waals surface area contributed by atoms with Crippen LogP contribution in [0.2, 0.25) is 0 Å². The zero-order valence-electron chi connectivity index (χ0n) is 50.5. The minimum atomic E-state index is -0.246. The second-order valence-electron chi connectivity index (χ2n) is 24.6. The maximum Gasteiger partial charge on any atom is 0.150 e. The molecule has 0 spiro atoms. The lowest BCUT2D eigenvalue weighted by molar-refractivity contribution is 0.112. The Morgan fingerprint density at radius 3 is 1.17 bits per heavy atom. The Morgan fingerprint density at radius 2 is 0.719 bits per heavy atom. The van der Waals surface area contributed by atoms with E-state index in [1.807, 2.05) is 36.4 Å². The number of benzene rings is 12. The summed E-state index contributed by atoms with van der Waals surface area (Å²) < 4.78 is 2.32. The molecule has 0 saturated carbocycles. The zero-order chi connectivity index (χ0) is 60.5. The summed E-state index contributed by atoms with van der Waals surface area (Å²) in [5.74, 6) is 0. The van der Waals surface area contributed by atoms with Crippen molar-refractivity contribution in [1.82, 2.24) is 4.57 Å². The van der Waals surface area contributed by atoms with Gasteiger partial charge in [0.2, 0.25) is 0 Å². The highest BCUT2D eigenvalue weighted by Crippen LogP contribution is 2.52. The fourth-order valence-corrected chi connectivity index (χ4v) is 14.2. The molecule has 13 aromatic rings. The molecule has 0 saturated heterocycles. The molecule has 0 N–H and O–H groups in total. The number of fused-ring (bicyclic) bond motifs is 7. The topological polar surface area (TPSA) is 28.5 Å². The summed E-state index contributed by atoms with van der Waals surface area (Å²) in [6.45, 7) is 17.7. The highest BCUT2D eigenvalue weighted by molar-refractivity contribution is 6.12. The Hall–Kier alpha value is -11.1. The first kappa shape index (κ1) is 54.6. The Labute approximate surface area is 521 Å². The standard InChI is InChI=1S/C85H65N3O/c1-7-72-74-47-45-70(53-80(74)84(3,4)78(72)8-2)86(65-37-25-59(26-38-65)57-17-11-9-12-18-57)67-41-29-61(30-42-67)63-33-49-82-76(51-63)77-52-64(34-50-83(77)88(82)69-35-23-56(55-89)24-36-69)62-31-43-68(44-32-62)87(66-39-27-60(28-40-66)58-19-13-10-14-20-58)71-46-48-75-73-21-15-16-22-79(73)85(5,6)81(75)54-71/h7-55H,1-2H2,3-6H3. The average molecular weight is 1140 g/mol. The van der Waals surface area contributed by atoms with E-state index in [9.17, 15) is 4.79 Å². The van der Waals surface area contributed by atoms with Crippen LogP contribution >= 0.6 is 0 Å². The molecule has 4 nitrogen and oxygen atoms in total. The van der Waals surface area contributed by atoms with Gasteiger partial charge in [0, 0.05) is 67.0 Å². The van der Waals surface area contributed by atoms with Crippen LogP contribution in [0.1, 0.15) is 60.3 Å². The minimum Gasteiger partial charge on any atom is -0.310 e. The fraction of sp³-hybridized carbons (Fsp3) is 0.0706. The monoisotopic (exact) mass is 1140 g/mol. The van der Waals surface area contributed by atoms with E-state index >= 15 is 0 Å². The molecule has 0 bridgehead atoms. The van der Waals surface area contributed by atoms with E-state index in [4.69, 9.17) is 0 Å². The number of hydrogen-bond donors (Lipinski definition) is 0. The van der Waals surface area contributed by atoms with Gasteiger partial charge in [0.15, 0.2) is 0 Å². The van der Waals surface area contributed by atoms with Gasteiger partial charge in [-0.2, -0.15) is 0 Å². The quantitative estimate of drug-likeness (QED) is 0.102.